The highest BCUT2D eigenvalue weighted by Gasteiger charge is 2.36. The van der Waals surface area contributed by atoms with Gasteiger partial charge in [-0.05, 0) is 24.6 Å². The topological polar surface area (TPSA) is 95.7 Å². The zero-order chi connectivity index (χ0) is 16.7. The molecule has 0 aliphatic carbocycles. The van der Waals surface area contributed by atoms with Gasteiger partial charge in [-0.2, -0.15) is 0 Å². The van der Waals surface area contributed by atoms with Crippen molar-refractivity contribution in [2.45, 2.75) is 20.0 Å². The van der Waals surface area contributed by atoms with E-state index in [0.717, 1.165) is 13.0 Å². The predicted molar refractivity (Wildman–Crippen MR) is 81.3 cm³/mol. The molecule has 0 saturated carbocycles. The van der Waals surface area contributed by atoms with E-state index in [1.54, 1.807) is 31.2 Å². The van der Waals surface area contributed by atoms with Gasteiger partial charge in [0, 0.05) is 17.5 Å². The quantitative estimate of drug-likeness (QED) is 0.433. The van der Waals surface area contributed by atoms with Crippen LogP contribution in [-0.4, -0.2) is 29.6 Å². The third-order valence-corrected chi connectivity index (χ3v) is 2.92. The van der Waals surface area contributed by atoms with E-state index >= 15 is 0 Å². The van der Waals surface area contributed by atoms with Crippen LogP contribution in [0.2, 0.25) is 0 Å². The Kier molecular flexibility index (Phi) is 6.71. The number of carbonyl (C=O) groups excluding carboxylic acids is 2. The fraction of sp³-hybridized carbons (Fsp3) is 0.286. The van der Waals surface area contributed by atoms with E-state index in [-0.39, 0.29) is 6.61 Å². The average molecular weight is 372 g/mol. The molecule has 1 rings (SSSR count). The summed E-state index contributed by atoms with van der Waals surface area (Å²) in [6, 6.07) is 6.67. The molecule has 0 radical (unpaired) electrons. The second kappa shape index (κ2) is 8.28. The van der Waals surface area contributed by atoms with Crippen molar-refractivity contribution in [2.75, 3.05) is 6.61 Å². The highest BCUT2D eigenvalue weighted by molar-refractivity contribution is 9.10. The summed E-state index contributed by atoms with van der Waals surface area (Å²) in [5.41, 5.74) is -0.103. The lowest BCUT2D eigenvalue weighted by Gasteiger charge is -2.13. The standard InChI is InChI=1S/C14H14BrNO6/c1-3-21-14(18)13(22-9(2)17)12(16(19)20)8-10-5-4-6-11(15)7-10/h4-8,13H,3H2,1-2H3/b12-8+. The highest BCUT2D eigenvalue weighted by Crippen LogP contribution is 2.18. The molecule has 1 atom stereocenters. The van der Waals surface area contributed by atoms with E-state index in [1.165, 1.54) is 0 Å². The van der Waals surface area contributed by atoms with Crippen LogP contribution in [0.25, 0.3) is 6.08 Å². The van der Waals surface area contributed by atoms with Gasteiger partial charge in [0.05, 0.1) is 11.5 Å². The molecule has 118 valence electrons. The van der Waals surface area contributed by atoms with E-state index < -0.39 is 28.7 Å². The van der Waals surface area contributed by atoms with Crippen LogP contribution in [0.15, 0.2) is 34.4 Å². The van der Waals surface area contributed by atoms with Crippen LogP contribution < -0.4 is 0 Å². The maximum atomic E-state index is 11.8. The molecule has 0 aliphatic heterocycles. The fourth-order valence-electron chi connectivity index (χ4n) is 1.60. The number of ether oxygens (including phenoxy) is 2. The molecule has 0 bridgehead atoms. The molecule has 22 heavy (non-hydrogen) atoms. The molecule has 1 aromatic carbocycles. The highest BCUT2D eigenvalue weighted by atomic mass is 79.9. The first-order valence-electron chi connectivity index (χ1n) is 6.30. The van der Waals surface area contributed by atoms with Gasteiger partial charge < -0.3 is 9.47 Å². The van der Waals surface area contributed by atoms with Gasteiger partial charge >= 0.3 is 11.9 Å². The smallest absolute Gasteiger partial charge is 0.358 e. The van der Waals surface area contributed by atoms with Crippen LogP contribution in [0.1, 0.15) is 19.4 Å². The molecule has 1 aromatic rings. The van der Waals surface area contributed by atoms with Gasteiger partial charge in [0.25, 0.3) is 11.8 Å². The van der Waals surface area contributed by atoms with E-state index in [1.807, 2.05) is 0 Å². The van der Waals surface area contributed by atoms with Crippen LogP contribution in [0.4, 0.5) is 0 Å². The minimum absolute atomic E-state index is 0.0124. The van der Waals surface area contributed by atoms with Crippen LogP contribution in [0.3, 0.4) is 0 Å². The van der Waals surface area contributed by atoms with E-state index in [4.69, 9.17) is 9.47 Å². The van der Waals surface area contributed by atoms with Crippen LogP contribution in [0, 0.1) is 10.1 Å². The lowest BCUT2D eigenvalue weighted by molar-refractivity contribution is -0.432. The van der Waals surface area contributed by atoms with Crippen molar-refractivity contribution in [1.82, 2.24) is 0 Å². The van der Waals surface area contributed by atoms with Crippen LogP contribution in [0.5, 0.6) is 0 Å². The molecule has 0 saturated heterocycles. The number of rotatable bonds is 6. The minimum atomic E-state index is -1.72. The lowest BCUT2D eigenvalue weighted by atomic mass is 10.1. The van der Waals surface area contributed by atoms with Crippen molar-refractivity contribution >= 4 is 33.9 Å². The van der Waals surface area contributed by atoms with E-state index in [9.17, 15) is 19.7 Å². The monoisotopic (exact) mass is 371 g/mol. The fourth-order valence-corrected chi connectivity index (χ4v) is 2.02. The molecule has 1 unspecified atom stereocenters. The third kappa shape index (κ3) is 5.28. The molecule has 0 amide bonds. The second-order valence-electron chi connectivity index (χ2n) is 4.12. The maximum absolute atomic E-state index is 11.8. The summed E-state index contributed by atoms with van der Waals surface area (Å²) < 4.78 is 10.2. The third-order valence-electron chi connectivity index (χ3n) is 2.43. The number of benzene rings is 1. The first-order valence-corrected chi connectivity index (χ1v) is 7.09. The molecule has 8 heteroatoms. The summed E-state index contributed by atoms with van der Waals surface area (Å²) >= 11 is 3.24. The Labute approximate surface area is 135 Å². The largest absolute Gasteiger partial charge is 0.463 e. The normalized spacial score (nSPS) is 12.4. The Hall–Kier alpha value is -2.22. The molecule has 7 nitrogen and oxygen atoms in total. The Morgan fingerprint density at radius 3 is 2.64 bits per heavy atom. The van der Waals surface area contributed by atoms with Gasteiger partial charge in [-0.1, -0.05) is 28.1 Å². The molecule has 0 N–H and O–H groups in total. The maximum Gasteiger partial charge on any atom is 0.358 e. The summed E-state index contributed by atoms with van der Waals surface area (Å²) in [7, 11) is 0. The molecular weight excluding hydrogens is 358 g/mol. The van der Waals surface area contributed by atoms with Crippen molar-refractivity contribution in [1.29, 1.82) is 0 Å². The summed E-state index contributed by atoms with van der Waals surface area (Å²) in [4.78, 5) is 33.4. The van der Waals surface area contributed by atoms with E-state index in [2.05, 4.69) is 15.9 Å². The van der Waals surface area contributed by atoms with Crippen molar-refractivity contribution in [3.63, 3.8) is 0 Å². The molecule has 0 aliphatic rings. The predicted octanol–water partition coefficient (Wildman–Crippen LogP) is 2.56. The number of carbonyl (C=O) groups is 2. The van der Waals surface area contributed by atoms with Crippen molar-refractivity contribution in [2.24, 2.45) is 0 Å². The average Bonchev–Trinajstić information content (AvgIpc) is 2.42. The summed E-state index contributed by atoms with van der Waals surface area (Å²) in [6.07, 6.45) is -0.554. The number of halogens is 1. The first kappa shape index (κ1) is 17.8. The first-order chi connectivity index (χ1) is 10.3. The second-order valence-corrected chi connectivity index (χ2v) is 5.04. The summed E-state index contributed by atoms with van der Waals surface area (Å²) in [6.45, 7) is 2.62. The Bertz CT molecular complexity index is 613. The number of esters is 2. The number of nitro groups is 1. The van der Waals surface area contributed by atoms with Gasteiger partial charge in [0.15, 0.2) is 0 Å². The van der Waals surface area contributed by atoms with Gasteiger partial charge in [-0.25, -0.2) is 4.79 Å². The molecule has 0 aromatic heterocycles. The zero-order valence-corrected chi connectivity index (χ0v) is 13.5. The van der Waals surface area contributed by atoms with Crippen LogP contribution in [-0.2, 0) is 19.1 Å². The van der Waals surface area contributed by atoms with Crippen molar-refractivity contribution < 1.29 is 24.0 Å². The molecular formula is C14H14BrNO6. The number of nitrogens with zero attached hydrogens (tertiary/aromatic N) is 1. The SMILES string of the molecule is CCOC(=O)C(OC(C)=O)/C(=C\c1cccc(Br)c1)[N+](=O)[O-]. The Morgan fingerprint density at radius 2 is 2.14 bits per heavy atom. The molecule has 0 spiro atoms. The van der Waals surface area contributed by atoms with E-state index in [0.29, 0.717) is 10.0 Å². The Morgan fingerprint density at radius 1 is 1.45 bits per heavy atom. The minimum Gasteiger partial charge on any atom is -0.463 e. The number of hydrogen-bond donors (Lipinski definition) is 0. The van der Waals surface area contributed by atoms with Gasteiger partial charge in [0.2, 0.25) is 0 Å². The summed E-state index contributed by atoms with van der Waals surface area (Å²) in [5.74, 6) is -1.81. The van der Waals surface area contributed by atoms with Crippen molar-refractivity contribution in [3.05, 3.63) is 50.1 Å². The molecule has 0 fully saturated rings. The van der Waals surface area contributed by atoms with Gasteiger partial charge in [0.1, 0.15) is 0 Å². The van der Waals surface area contributed by atoms with Gasteiger partial charge in [-0.15, -0.1) is 0 Å². The van der Waals surface area contributed by atoms with Gasteiger partial charge in [-0.3, -0.25) is 14.9 Å². The number of hydrogen-bond acceptors (Lipinski definition) is 6. The van der Waals surface area contributed by atoms with Crippen LogP contribution >= 0.6 is 15.9 Å². The lowest BCUT2D eigenvalue weighted by Crippen LogP contribution is -2.33. The van der Waals surface area contributed by atoms with Crippen molar-refractivity contribution in [3.8, 4) is 0 Å². The summed E-state index contributed by atoms with van der Waals surface area (Å²) in [5, 5.41) is 11.2. The molecule has 0 heterocycles. The zero-order valence-electron chi connectivity index (χ0n) is 11.9. The Balaban J connectivity index is 3.25.